The van der Waals surface area contributed by atoms with E-state index in [-0.39, 0.29) is 5.56 Å². The second-order valence-electron chi connectivity index (χ2n) is 4.40. The number of carboxylic acid groups (broad SMARTS) is 1. The Morgan fingerprint density at radius 2 is 2.21 bits per heavy atom. The number of fused-ring (bicyclic) bond motifs is 1. The van der Waals surface area contributed by atoms with Crippen molar-refractivity contribution in [3.63, 3.8) is 0 Å². The summed E-state index contributed by atoms with van der Waals surface area (Å²) in [5, 5.41) is 10.4. The Hall–Kier alpha value is -1.46. The highest BCUT2D eigenvalue weighted by Crippen LogP contribution is 2.30. The number of benzene rings is 1. The van der Waals surface area contributed by atoms with E-state index in [2.05, 4.69) is 6.92 Å². The Labute approximate surface area is 116 Å². The van der Waals surface area contributed by atoms with Crippen LogP contribution in [0.2, 0.25) is 0 Å². The van der Waals surface area contributed by atoms with E-state index in [4.69, 9.17) is 10.2 Å². The van der Waals surface area contributed by atoms with E-state index < -0.39 is 5.97 Å². The molecule has 0 aliphatic rings. The summed E-state index contributed by atoms with van der Waals surface area (Å²) in [5.74, 6) is 0.145. The van der Waals surface area contributed by atoms with Crippen molar-refractivity contribution in [3.05, 3.63) is 35.6 Å². The second kappa shape index (κ2) is 6.12. The highest BCUT2D eigenvalue weighted by molar-refractivity contribution is 7.99. The molecule has 1 unspecified atom stereocenters. The van der Waals surface area contributed by atoms with Gasteiger partial charge in [0.2, 0.25) is 0 Å². The third-order valence-corrected chi connectivity index (χ3v) is 4.19. The van der Waals surface area contributed by atoms with E-state index in [1.165, 1.54) is 0 Å². The number of furan rings is 1. The summed E-state index contributed by atoms with van der Waals surface area (Å²) in [6.45, 7) is 2.72. The molecule has 1 aromatic heterocycles. The molecular weight excluding hydrogens is 262 g/mol. The molecule has 0 saturated carbocycles. The highest BCUT2D eigenvalue weighted by atomic mass is 32.2. The van der Waals surface area contributed by atoms with Crippen molar-refractivity contribution >= 4 is 28.7 Å². The van der Waals surface area contributed by atoms with Crippen LogP contribution in [0.4, 0.5) is 0 Å². The number of carboxylic acids is 1. The molecule has 0 saturated heterocycles. The predicted octanol–water partition coefficient (Wildman–Crippen LogP) is 3.10. The molecule has 1 aromatic carbocycles. The summed E-state index contributed by atoms with van der Waals surface area (Å²) in [7, 11) is 0. The van der Waals surface area contributed by atoms with Crippen LogP contribution in [0.3, 0.4) is 0 Å². The average molecular weight is 279 g/mol. The first-order valence-corrected chi connectivity index (χ1v) is 7.23. The number of nitrogens with two attached hydrogens (primary N) is 1. The Bertz CT molecular complexity index is 579. The molecule has 2 rings (SSSR count). The molecule has 19 heavy (non-hydrogen) atoms. The summed E-state index contributed by atoms with van der Waals surface area (Å²) in [4.78, 5) is 11.4. The minimum Gasteiger partial charge on any atom is -0.478 e. The minimum absolute atomic E-state index is 0.281. The highest BCUT2D eigenvalue weighted by Gasteiger charge is 2.20. The minimum atomic E-state index is -0.938. The van der Waals surface area contributed by atoms with Gasteiger partial charge in [0.1, 0.15) is 16.9 Å². The molecule has 0 fully saturated rings. The first kappa shape index (κ1) is 14.0. The summed E-state index contributed by atoms with van der Waals surface area (Å²) in [5.41, 5.74) is 6.41. The largest absolute Gasteiger partial charge is 0.478 e. The zero-order valence-corrected chi connectivity index (χ0v) is 11.6. The standard InChI is InChI=1S/C14H17NO3S/c1-9(6-7-15)19-8-12-13(14(16)17)10-4-2-3-5-11(10)18-12/h2-5,9H,6-8,15H2,1H3,(H,16,17). The van der Waals surface area contributed by atoms with Crippen molar-refractivity contribution in [2.75, 3.05) is 6.54 Å². The molecule has 102 valence electrons. The van der Waals surface area contributed by atoms with Crippen LogP contribution in [0.25, 0.3) is 11.0 Å². The normalized spacial score (nSPS) is 12.7. The second-order valence-corrected chi connectivity index (χ2v) is 5.83. The molecule has 2 aromatic rings. The third kappa shape index (κ3) is 3.11. The first-order chi connectivity index (χ1) is 9.13. The van der Waals surface area contributed by atoms with E-state index in [1.54, 1.807) is 23.9 Å². The molecule has 1 atom stereocenters. The van der Waals surface area contributed by atoms with Gasteiger partial charge in [-0.3, -0.25) is 0 Å². The van der Waals surface area contributed by atoms with Gasteiger partial charge in [0.15, 0.2) is 0 Å². The van der Waals surface area contributed by atoms with Gasteiger partial charge in [-0.15, -0.1) is 0 Å². The van der Waals surface area contributed by atoms with Crippen molar-refractivity contribution in [2.45, 2.75) is 24.3 Å². The van der Waals surface area contributed by atoms with Crippen molar-refractivity contribution in [1.82, 2.24) is 0 Å². The van der Waals surface area contributed by atoms with Crippen LogP contribution >= 0.6 is 11.8 Å². The SMILES string of the molecule is CC(CCN)SCc1oc2ccccc2c1C(=O)O. The monoisotopic (exact) mass is 279 g/mol. The number of hydrogen-bond donors (Lipinski definition) is 2. The molecule has 0 aliphatic heterocycles. The van der Waals surface area contributed by atoms with Gasteiger partial charge >= 0.3 is 5.97 Å². The average Bonchev–Trinajstić information content (AvgIpc) is 2.75. The maximum Gasteiger partial charge on any atom is 0.339 e. The number of carbonyl (C=O) groups is 1. The fourth-order valence-corrected chi connectivity index (χ4v) is 2.91. The van der Waals surface area contributed by atoms with Gasteiger partial charge in [-0.25, -0.2) is 4.79 Å². The van der Waals surface area contributed by atoms with Crippen LogP contribution < -0.4 is 5.73 Å². The summed E-state index contributed by atoms with van der Waals surface area (Å²) >= 11 is 1.66. The quantitative estimate of drug-likeness (QED) is 0.849. The van der Waals surface area contributed by atoms with Gasteiger partial charge in [0, 0.05) is 10.6 Å². The molecule has 4 nitrogen and oxygen atoms in total. The summed E-state index contributed by atoms with van der Waals surface area (Å²) < 4.78 is 5.66. The fraction of sp³-hybridized carbons (Fsp3) is 0.357. The van der Waals surface area contributed by atoms with Gasteiger partial charge in [-0.2, -0.15) is 11.8 Å². The van der Waals surface area contributed by atoms with Crippen LogP contribution in [-0.2, 0) is 5.75 Å². The topological polar surface area (TPSA) is 76.5 Å². The van der Waals surface area contributed by atoms with E-state index in [0.29, 0.717) is 34.3 Å². The molecule has 3 N–H and O–H groups in total. The van der Waals surface area contributed by atoms with Crippen molar-refractivity contribution < 1.29 is 14.3 Å². The van der Waals surface area contributed by atoms with Gasteiger partial charge < -0.3 is 15.3 Å². The molecule has 0 spiro atoms. The first-order valence-electron chi connectivity index (χ1n) is 6.19. The zero-order chi connectivity index (χ0) is 13.8. The molecule has 5 heteroatoms. The third-order valence-electron chi connectivity index (χ3n) is 2.95. The van der Waals surface area contributed by atoms with E-state index in [9.17, 15) is 9.90 Å². The van der Waals surface area contributed by atoms with Crippen LogP contribution in [0.1, 0.15) is 29.5 Å². The van der Waals surface area contributed by atoms with Gasteiger partial charge in [-0.1, -0.05) is 25.1 Å². The lowest BCUT2D eigenvalue weighted by atomic mass is 10.1. The number of thioether (sulfide) groups is 1. The maximum absolute atomic E-state index is 11.4. The maximum atomic E-state index is 11.4. The smallest absolute Gasteiger partial charge is 0.339 e. The summed E-state index contributed by atoms with van der Waals surface area (Å²) in [6, 6.07) is 7.22. The lowest BCUT2D eigenvalue weighted by Crippen LogP contribution is -2.07. The fourth-order valence-electron chi connectivity index (χ4n) is 1.97. The lowest BCUT2D eigenvalue weighted by molar-refractivity contribution is 0.0697. The number of aromatic carboxylic acids is 1. The summed E-state index contributed by atoms with van der Waals surface area (Å²) in [6.07, 6.45) is 0.910. The van der Waals surface area contributed by atoms with Crippen LogP contribution in [0.15, 0.2) is 28.7 Å². The molecular formula is C14H17NO3S. The number of hydrogen-bond acceptors (Lipinski definition) is 4. The van der Waals surface area contributed by atoms with Crippen molar-refractivity contribution in [2.24, 2.45) is 5.73 Å². The van der Waals surface area contributed by atoms with Crippen LogP contribution in [0.5, 0.6) is 0 Å². The van der Waals surface area contributed by atoms with Crippen LogP contribution in [-0.4, -0.2) is 22.9 Å². The van der Waals surface area contributed by atoms with Crippen molar-refractivity contribution in [3.8, 4) is 0 Å². The molecule has 1 heterocycles. The molecule has 0 amide bonds. The molecule has 0 bridgehead atoms. The van der Waals surface area contributed by atoms with Gasteiger partial charge in [-0.05, 0) is 19.0 Å². The lowest BCUT2D eigenvalue weighted by Gasteiger charge is -2.08. The number of rotatable bonds is 6. The Kier molecular flexibility index (Phi) is 4.50. The number of para-hydroxylation sites is 1. The zero-order valence-electron chi connectivity index (χ0n) is 10.8. The molecule has 0 radical (unpaired) electrons. The van der Waals surface area contributed by atoms with E-state index in [0.717, 1.165) is 6.42 Å². The predicted molar refractivity (Wildman–Crippen MR) is 77.6 cm³/mol. The van der Waals surface area contributed by atoms with Gasteiger partial charge in [0.05, 0.1) is 5.75 Å². The molecule has 0 aliphatic carbocycles. The van der Waals surface area contributed by atoms with E-state index in [1.807, 2.05) is 12.1 Å². The Morgan fingerprint density at radius 3 is 2.89 bits per heavy atom. The van der Waals surface area contributed by atoms with E-state index >= 15 is 0 Å². The van der Waals surface area contributed by atoms with Crippen molar-refractivity contribution in [1.29, 1.82) is 0 Å². The van der Waals surface area contributed by atoms with Crippen LogP contribution in [0, 0.1) is 0 Å². The van der Waals surface area contributed by atoms with Gasteiger partial charge in [0.25, 0.3) is 0 Å². The Morgan fingerprint density at radius 1 is 1.47 bits per heavy atom. The Balaban J connectivity index is 2.27.